The second-order valence-corrected chi connectivity index (χ2v) is 13.3. The topological polar surface area (TPSA) is 74.3 Å². The van der Waals surface area contributed by atoms with Gasteiger partial charge >= 0.3 is 47.0 Å². The van der Waals surface area contributed by atoms with Crippen LogP contribution in [0.1, 0.15) is 40.0 Å². The third kappa shape index (κ3) is 7.01. The van der Waals surface area contributed by atoms with E-state index in [9.17, 15) is 92.4 Å². The highest BCUT2D eigenvalue weighted by atomic mass is 32.2. The van der Waals surface area contributed by atoms with E-state index >= 15 is 0 Å². The fraction of sp³-hybridized carbons (Fsp3) is 0.947. The highest BCUT2D eigenvalue weighted by Gasteiger charge is 2.95. The molecule has 0 amide bonds. The molecule has 4 nitrogen and oxygen atoms in total. The molecule has 1 aliphatic rings. The standard InChI is InChI=1S/C11H21OS.C8HF17O3S/c1-4-10(12)8-13-7-5-6-11(2,3)9-13;9-1(10,3(13,14)5(17,18)7(21,22)23)2(11,12)4(15,16)6(19,20)8(24,25)29(26,27)28/h4-9H2,1-3H3;(H,26,27,28)/q+1;/p-1. The van der Waals surface area contributed by atoms with Gasteiger partial charge in [0.2, 0.25) is 0 Å². The Kier molecular flexibility index (Phi) is 11.6. The van der Waals surface area contributed by atoms with E-state index in [1.165, 1.54) is 24.3 Å². The molecule has 0 radical (unpaired) electrons. The van der Waals surface area contributed by atoms with Crippen LogP contribution >= 0.6 is 0 Å². The van der Waals surface area contributed by atoms with Gasteiger partial charge in [-0.15, -0.1) is 0 Å². The van der Waals surface area contributed by atoms with E-state index in [-0.39, 0.29) is 0 Å². The fourth-order valence-corrected chi connectivity index (χ4v) is 6.51. The van der Waals surface area contributed by atoms with Gasteiger partial charge in [-0.25, -0.2) is 8.42 Å². The van der Waals surface area contributed by atoms with Crippen LogP contribution in [0.15, 0.2) is 0 Å². The predicted octanol–water partition coefficient (Wildman–Crippen LogP) is 6.90. The van der Waals surface area contributed by atoms with E-state index in [4.69, 9.17) is 0 Å². The normalized spacial score (nSPS) is 20.1. The predicted molar refractivity (Wildman–Crippen MR) is 111 cm³/mol. The van der Waals surface area contributed by atoms with Crippen LogP contribution in [-0.2, 0) is 25.8 Å². The molecule has 1 rings (SSSR count). The maximum atomic E-state index is 13.0. The number of Topliss-reactive ketones (excluding diaryl/α,β-unsaturated/α-hetero) is 1. The number of carbonyl (C=O) groups is 1. The molecule has 0 aromatic rings. The van der Waals surface area contributed by atoms with Crippen molar-refractivity contribution in [3.63, 3.8) is 0 Å². The first-order chi connectivity index (χ1) is 18.0. The minimum atomic E-state index is -8.92. The number of alkyl halides is 17. The number of carbonyl (C=O) groups excluding carboxylic acids is 1. The van der Waals surface area contributed by atoms with Crippen LogP contribution in [0.2, 0.25) is 0 Å². The van der Waals surface area contributed by atoms with E-state index in [0.717, 1.165) is 12.2 Å². The molecule has 23 heteroatoms. The minimum absolute atomic E-state index is 0.406. The van der Waals surface area contributed by atoms with Crippen molar-refractivity contribution in [3.05, 3.63) is 0 Å². The first kappa shape index (κ1) is 40.7. The first-order valence-corrected chi connectivity index (χ1v) is 14.0. The van der Waals surface area contributed by atoms with E-state index in [1.54, 1.807) is 0 Å². The summed E-state index contributed by atoms with van der Waals surface area (Å²) >= 11 is 0. The summed E-state index contributed by atoms with van der Waals surface area (Å²) in [5.74, 6) is -48.2. The Morgan fingerprint density at radius 2 is 1.07 bits per heavy atom. The number of rotatable bonds is 10. The largest absolute Gasteiger partial charge is 0.743 e. The summed E-state index contributed by atoms with van der Waals surface area (Å²) in [5.41, 5.74) is 0.495. The molecule has 1 aliphatic heterocycles. The summed E-state index contributed by atoms with van der Waals surface area (Å²) in [6, 6.07) is 0. The molecule has 1 atom stereocenters. The summed E-state index contributed by atoms with van der Waals surface area (Å²) in [6.07, 6.45) is -4.50. The Hall–Kier alpha value is -1.26. The molecule has 252 valence electrons. The fourth-order valence-electron chi connectivity index (χ4n) is 3.21. The van der Waals surface area contributed by atoms with Gasteiger partial charge in [-0.3, -0.25) is 4.79 Å². The average molecular weight is 700 g/mol. The number of hydrogen-bond donors (Lipinski definition) is 0. The highest BCUT2D eigenvalue weighted by Crippen LogP contribution is 2.64. The summed E-state index contributed by atoms with van der Waals surface area (Å²) < 4.78 is 244. The van der Waals surface area contributed by atoms with Gasteiger partial charge < -0.3 is 4.55 Å². The van der Waals surface area contributed by atoms with Gasteiger partial charge in [-0.1, -0.05) is 20.8 Å². The van der Waals surface area contributed by atoms with Gasteiger partial charge in [0.25, 0.3) is 0 Å². The molecule has 42 heavy (non-hydrogen) atoms. The van der Waals surface area contributed by atoms with Crippen molar-refractivity contribution in [2.24, 2.45) is 5.41 Å². The highest BCUT2D eigenvalue weighted by molar-refractivity contribution is 7.97. The second kappa shape index (κ2) is 11.9. The lowest BCUT2D eigenvalue weighted by molar-refractivity contribution is -0.458. The average Bonchev–Trinajstić information content (AvgIpc) is 2.76. The van der Waals surface area contributed by atoms with Crippen molar-refractivity contribution >= 4 is 26.8 Å². The lowest BCUT2D eigenvalue weighted by atomic mass is 9.90. The molecule has 0 bridgehead atoms. The van der Waals surface area contributed by atoms with Crippen LogP contribution < -0.4 is 0 Å². The molecule has 0 N–H and O–H groups in total. The molecule has 0 aromatic heterocycles. The zero-order valence-corrected chi connectivity index (χ0v) is 22.8. The zero-order chi connectivity index (χ0) is 34.4. The molecule has 0 saturated carbocycles. The molecule has 1 fully saturated rings. The first-order valence-electron chi connectivity index (χ1n) is 10.9. The summed E-state index contributed by atoms with van der Waals surface area (Å²) in [7, 11) is -7.74. The third-order valence-corrected chi connectivity index (χ3v) is 9.32. The molecular formula is C19H21F17O4S2. The van der Waals surface area contributed by atoms with E-state index < -0.39 is 57.1 Å². The van der Waals surface area contributed by atoms with Gasteiger partial charge in [-0.2, -0.15) is 74.6 Å². The maximum absolute atomic E-state index is 13.0. The summed E-state index contributed by atoms with van der Waals surface area (Å²) in [5, 5.41) is -7.95. The monoisotopic (exact) mass is 700 g/mol. The second-order valence-electron chi connectivity index (χ2n) is 9.68. The quantitative estimate of drug-likeness (QED) is 0.141. The van der Waals surface area contributed by atoms with Crippen molar-refractivity contribution < 1.29 is 92.4 Å². The molecular weight excluding hydrogens is 679 g/mol. The van der Waals surface area contributed by atoms with Crippen molar-refractivity contribution in [1.82, 2.24) is 0 Å². The Morgan fingerprint density at radius 1 is 0.714 bits per heavy atom. The van der Waals surface area contributed by atoms with E-state index in [0.29, 0.717) is 22.1 Å². The number of ketones is 1. The van der Waals surface area contributed by atoms with Crippen LogP contribution in [0.5, 0.6) is 0 Å². The lowest BCUT2D eigenvalue weighted by Gasteiger charge is -2.42. The van der Waals surface area contributed by atoms with Crippen LogP contribution in [0.25, 0.3) is 0 Å². The maximum Gasteiger partial charge on any atom is 0.460 e. The van der Waals surface area contributed by atoms with Gasteiger partial charge in [0, 0.05) is 11.8 Å². The molecule has 1 unspecified atom stereocenters. The van der Waals surface area contributed by atoms with Gasteiger partial charge in [0.05, 0.1) is 0 Å². The Morgan fingerprint density at radius 3 is 1.38 bits per heavy atom. The van der Waals surface area contributed by atoms with Crippen molar-refractivity contribution in [2.75, 3.05) is 17.3 Å². The van der Waals surface area contributed by atoms with Crippen LogP contribution in [0, 0.1) is 5.41 Å². The smallest absolute Gasteiger partial charge is 0.460 e. The van der Waals surface area contributed by atoms with Gasteiger partial charge in [0.15, 0.2) is 21.7 Å². The van der Waals surface area contributed by atoms with Gasteiger partial charge in [0.1, 0.15) is 11.5 Å². The molecule has 0 aliphatic carbocycles. The van der Waals surface area contributed by atoms with Crippen molar-refractivity contribution in [3.8, 4) is 0 Å². The number of hydrogen-bond acceptors (Lipinski definition) is 4. The lowest BCUT2D eigenvalue weighted by Crippen LogP contribution is -2.75. The number of halogens is 17. The third-order valence-electron chi connectivity index (χ3n) is 5.65. The molecule has 1 heterocycles. The molecule has 1 saturated heterocycles. The van der Waals surface area contributed by atoms with Crippen LogP contribution in [0.3, 0.4) is 0 Å². The van der Waals surface area contributed by atoms with Crippen molar-refractivity contribution in [2.45, 2.75) is 87.0 Å². The molecule has 0 aromatic carbocycles. The Balaban J connectivity index is 0.00000107. The summed E-state index contributed by atoms with van der Waals surface area (Å²) in [6.45, 7) is 6.64. The van der Waals surface area contributed by atoms with E-state index in [1.807, 2.05) is 6.92 Å². The molecule has 0 spiro atoms. The van der Waals surface area contributed by atoms with Crippen molar-refractivity contribution in [1.29, 1.82) is 0 Å². The minimum Gasteiger partial charge on any atom is -0.743 e. The SMILES string of the molecule is CCC(=O)C[S+]1CCCC(C)(C)C1.O=S(=O)([O-])C(F)(F)C(F)(F)C(F)(F)C(F)(F)C(F)(F)C(F)(F)C(F)(F)C(F)(F)F. The Labute approximate surface area is 229 Å². The van der Waals surface area contributed by atoms with Gasteiger partial charge in [-0.05, 0) is 23.7 Å². The van der Waals surface area contributed by atoms with Crippen LogP contribution in [-0.4, -0.2) is 83.0 Å². The van der Waals surface area contributed by atoms with E-state index in [2.05, 4.69) is 13.8 Å². The Bertz CT molecular complexity index is 1070. The zero-order valence-electron chi connectivity index (χ0n) is 21.1. The summed E-state index contributed by atoms with van der Waals surface area (Å²) in [4.78, 5) is 11.3. The van der Waals surface area contributed by atoms with Crippen LogP contribution in [0.4, 0.5) is 74.6 Å².